The van der Waals surface area contributed by atoms with E-state index in [0.29, 0.717) is 13.2 Å². The zero-order chi connectivity index (χ0) is 17.3. The molecule has 134 valence electrons. The Hall–Kier alpha value is -2.06. The van der Waals surface area contributed by atoms with Gasteiger partial charge in [-0.2, -0.15) is 5.10 Å². The first-order chi connectivity index (χ1) is 12.1. The Morgan fingerprint density at radius 1 is 1.28 bits per heavy atom. The third kappa shape index (κ3) is 3.50. The van der Waals surface area contributed by atoms with Crippen molar-refractivity contribution >= 4 is 5.95 Å². The Bertz CT molecular complexity index is 721. The lowest BCUT2D eigenvalue weighted by Crippen LogP contribution is -2.45. The van der Waals surface area contributed by atoms with E-state index in [0.717, 1.165) is 50.1 Å². The lowest BCUT2D eigenvalue weighted by atomic mass is 10.0. The van der Waals surface area contributed by atoms with Crippen LogP contribution >= 0.6 is 0 Å². The first-order valence-electron chi connectivity index (χ1n) is 8.79. The highest BCUT2D eigenvalue weighted by Gasteiger charge is 2.43. The molecule has 4 rings (SSSR count). The van der Waals surface area contributed by atoms with Gasteiger partial charge in [-0.25, -0.2) is 19.6 Å². The Balaban J connectivity index is 1.47. The van der Waals surface area contributed by atoms with E-state index in [1.54, 1.807) is 12.4 Å². The summed E-state index contributed by atoms with van der Waals surface area (Å²) >= 11 is 0. The predicted molar refractivity (Wildman–Crippen MR) is 91.4 cm³/mol. The molecule has 25 heavy (non-hydrogen) atoms. The lowest BCUT2D eigenvalue weighted by molar-refractivity contribution is -0.0809. The van der Waals surface area contributed by atoms with Crippen LogP contribution in [0.25, 0.3) is 0 Å². The van der Waals surface area contributed by atoms with Crippen molar-refractivity contribution in [3.63, 3.8) is 0 Å². The predicted octanol–water partition coefficient (Wildman–Crippen LogP) is 1.14. The Labute approximate surface area is 147 Å². The maximum Gasteiger partial charge on any atom is 0.225 e. The molecule has 2 aromatic heterocycles. The monoisotopic (exact) mass is 344 g/mol. The van der Waals surface area contributed by atoms with Gasteiger partial charge in [0.1, 0.15) is 17.2 Å². The van der Waals surface area contributed by atoms with Gasteiger partial charge in [0.15, 0.2) is 0 Å². The zero-order valence-corrected chi connectivity index (χ0v) is 14.8. The lowest BCUT2D eigenvalue weighted by Gasteiger charge is -2.31. The topological polar surface area (TPSA) is 78.2 Å². The number of nitrogens with zero attached hydrogens (tertiary/aromatic N) is 6. The SMILES string of the molecule is Cc1nc(C)n(CC2CCC3(COCCN(c4ncccn4)C3)O2)n1. The smallest absolute Gasteiger partial charge is 0.225 e. The van der Waals surface area contributed by atoms with Gasteiger partial charge >= 0.3 is 0 Å². The van der Waals surface area contributed by atoms with Crippen molar-refractivity contribution in [1.29, 1.82) is 0 Å². The van der Waals surface area contributed by atoms with Gasteiger partial charge in [0.05, 0.1) is 32.4 Å². The number of anilines is 1. The van der Waals surface area contributed by atoms with E-state index in [4.69, 9.17) is 9.47 Å². The summed E-state index contributed by atoms with van der Waals surface area (Å²) in [6.45, 7) is 7.43. The second-order valence-corrected chi connectivity index (χ2v) is 6.87. The van der Waals surface area contributed by atoms with Crippen LogP contribution in [0.2, 0.25) is 0 Å². The summed E-state index contributed by atoms with van der Waals surface area (Å²) in [5.74, 6) is 2.47. The highest BCUT2D eigenvalue weighted by atomic mass is 16.6. The molecule has 0 bridgehead atoms. The van der Waals surface area contributed by atoms with Crippen molar-refractivity contribution in [2.24, 2.45) is 0 Å². The third-order valence-electron chi connectivity index (χ3n) is 4.86. The van der Waals surface area contributed by atoms with E-state index in [1.807, 2.05) is 24.6 Å². The molecule has 2 aliphatic rings. The molecule has 4 heterocycles. The largest absolute Gasteiger partial charge is 0.377 e. The minimum atomic E-state index is -0.302. The highest BCUT2D eigenvalue weighted by molar-refractivity contribution is 5.30. The summed E-state index contributed by atoms with van der Waals surface area (Å²) in [5.41, 5.74) is -0.302. The number of aryl methyl sites for hydroxylation is 2. The molecule has 2 fully saturated rings. The van der Waals surface area contributed by atoms with Crippen molar-refractivity contribution in [3.05, 3.63) is 30.1 Å². The molecule has 0 aliphatic carbocycles. The molecule has 2 saturated heterocycles. The Morgan fingerprint density at radius 3 is 2.88 bits per heavy atom. The fourth-order valence-electron chi connectivity index (χ4n) is 3.70. The summed E-state index contributed by atoms with van der Waals surface area (Å²) < 4.78 is 14.3. The second-order valence-electron chi connectivity index (χ2n) is 6.87. The third-order valence-corrected chi connectivity index (χ3v) is 4.86. The molecule has 0 amide bonds. The van der Waals surface area contributed by atoms with E-state index in [9.17, 15) is 0 Å². The van der Waals surface area contributed by atoms with Gasteiger partial charge in [0.25, 0.3) is 0 Å². The molecule has 0 radical (unpaired) electrons. The summed E-state index contributed by atoms with van der Waals surface area (Å²) in [6.07, 6.45) is 5.63. The molecular weight excluding hydrogens is 320 g/mol. The quantitative estimate of drug-likeness (QED) is 0.826. The van der Waals surface area contributed by atoms with Gasteiger partial charge in [-0.1, -0.05) is 0 Å². The van der Waals surface area contributed by atoms with Crippen molar-refractivity contribution in [2.75, 3.05) is 31.2 Å². The van der Waals surface area contributed by atoms with Crippen LogP contribution in [-0.2, 0) is 16.0 Å². The van der Waals surface area contributed by atoms with E-state index >= 15 is 0 Å². The number of ether oxygens (including phenoxy) is 2. The van der Waals surface area contributed by atoms with Crippen LogP contribution < -0.4 is 4.90 Å². The fourth-order valence-corrected chi connectivity index (χ4v) is 3.70. The average Bonchev–Trinajstić information content (AvgIpc) is 3.06. The van der Waals surface area contributed by atoms with Crippen LogP contribution in [0, 0.1) is 13.8 Å². The van der Waals surface area contributed by atoms with Crippen LogP contribution in [0.4, 0.5) is 5.95 Å². The van der Waals surface area contributed by atoms with Gasteiger partial charge < -0.3 is 14.4 Å². The van der Waals surface area contributed by atoms with Crippen LogP contribution in [0.15, 0.2) is 18.5 Å². The first kappa shape index (κ1) is 16.4. The van der Waals surface area contributed by atoms with Crippen LogP contribution in [0.5, 0.6) is 0 Å². The number of rotatable bonds is 3. The highest BCUT2D eigenvalue weighted by Crippen LogP contribution is 2.34. The molecule has 2 atom stereocenters. The van der Waals surface area contributed by atoms with E-state index in [2.05, 4.69) is 25.0 Å². The van der Waals surface area contributed by atoms with Crippen molar-refractivity contribution in [3.8, 4) is 0 Å². The molecule has 2 aromatic rings. The van der Waals surface area contributed by atoms with Gasteiger partial charge in [-0.3, -0.25) is 0 Å². The zero-order valence-electron chi connectivity index (χ0n) is 14.8. The molecule has 2 unspecified atom stereocenters. The Morgan fingerprint density at radius 2 is 2.12 bits per heavy atom. The molecule has 8 heteroatoms. The molecule has 0 saturated carbocycles. The summed E-state index contributed by atoms with van der Waals surface area (Å²) in [6, 6.07) is 1.83. The number of hydrogen-bond donors (Lipinski definition) is 0. The molecule has 1 spiro atoms. The first-order valence-corrected chi connectivity index (χ1v) is 8.79. The molecule has 2 aliphatic heterocycles. The van der Waals surface area contributed by atoms with Gasteiger partial charge in [0.2, 0.25) is 5.95 Å². The average molecular weight is 344 g/mol. The minimum absolute atomic E-state index is 0.125. The van der Waals surface area contributed by atoms with Crippen molar-refractivity contribution in [1.82, 2.24) is 24.7 Å². The maximum absolute atomic E-state index is 6.48. The van der Waals surface area contributed by atoms with Gasteiger partial charge in [-0.15, -0.1) is 0 Å². The van der Waals surface area contributed by atoms with Crippen molar-refractivity contribution < 1.29 is 9.47 Å². The molecule has 0 aromatic carbocycles. The second kappa shape index (κ2) is 6.68. The normalized spacial score (nSPS) is 27.0. The van der Waals surface area contributed by atoms with Crippen LogP contribution in [0.3, 0.4) is 0 Å². The standard InChI is InChI=1S/C17H24N6O2/c1-13-20-14(2)23(21-13)10-15-4-5-17(25-15)11-22(8-9-24-12-17)16-18-6-3-7-19-16/h3,6-7,15H,4-5,8-12H2,1-2H3. The van der Waals surface area contributed by atoms with E-state index in [-0.39, 0.29) is 11.7 Å². The summed E-state index contributed by atoms with van der Waals surface area (Å²) in [5, 5.41) is 4.45. The molecular formula is C17H24N6O2. The Kier molecular flexibility index (Phi) is 4.39. The minimum Gasteiger partial charge on any atom is -0.377 e. The van der Waals surface area contributed by atoms with Crippen LogP contribution in [-0.4, -0.2) is 62.7 Å². The molecule has 8 nitrogen and oxygen atoms in total. The number of aromatic nitrogens is 5. The fraction of sp³-hybridized carbons (Fsp3) is 0.647. The molecule has 0 N–H and O–H groups in total. The van der Waals surface area contributed by atoms with E-state index in [1.165, 1.54) is 0 Å². The maximum atomic E-state index is 6.48. The number of hydrogen-bond acceptors (Lipinski definition) is 7. The van der Waals surface area contributed by atoms with Crippen LogP contribution in [0.1, 0.15) is 24.5 Å². The van der Waals surface area contributed by atoms with Gasteiger partial charge in [-0.05, 0) is 32.8 Å². The van der Waals surface area contributed by atoms with Crippen molar-refractivity contribution in [2.45, 2.75) is 44.9 Å². The summed E-state index contributed by atoms with van der Waals surface area (Å²) in [4.78, 5) is 15.3. The summed E-state index contributed by atoms with van der Waals surface area (Å²) in [7, 11) is 0. The van der Waals surface area contributed by atoms with Gasteiger partial charge in [0, 0.05) is 18.9 Å². The van der Waals surface area contributed by atoms with E-state index < -0.39 is 0 Å².